The lowest BCUT2D eigenvalue weighted by Gasteiger charge is -2.02. The topological polar surface area (TPSA) is 45.5 Å². The number of benzene rings is 1. The molecule has 0 spiro atoms. The summed E-state index contributed by atoms with van der Waals surface area (Å²) in [6, 6.07) is 8.27. The van der Waals surface area contributed by atoms with Crippen molar-refractivity contribution in [1.82, 2.24) is 15.3 Å². The molecule has 2 aromatic heterocycles. The maximum atomic E-state index is 4.46. The molecule has 1 N–H and O–H groups in total. The molecule has 1 aromatic carbocycles. The molecule has 3 aromatic rings. The Kier molecular flexibility index (Phi) is 2.80. The van der Waals surface area contributed by atoms with E-state index in [-0.39, 0.29) is 0 Å². The van der Waals surface area contributed by atoms with Crippen LogP contribution in [0.1, 0.15) is 12.8 Å². The summed E-state index contributed by atoms with van der Waals surface area (Å²) in [5, 5.41) is 7.58. The van der Waals surface area contributed by atoms with Crippen molar-refractivity contribution in [2.75, 3.05) is 0 Å². The van der Waals surface area contributed by atoms with Gasteiger partial charge in [0, 0.05) is 28.6 Å². The number of nitrogens with zero attached hydrogens (tertiary/aromatic N) is 3. The van der Waals surface area contributed by atoms with Gasteiger partial charge in [-0.25, -0.2) is 0 Å². The zero-order chi connectivity index (χ0) is 13.5. The third kappa shape index (κ3) is 2.02. The molecular formula is C15H14BrN4+. The molecule has 5 heteroatoms. The largest absolute Gasteiger partial charge is 0.264 e. The van der Waals surface area contributed by atoms with Crippen molar-refractivity contribution in [1.29, 1.82) is 0 Å². The van der Waals surface area contributed by atoms with Crippen molar-refractivity contribution in [3.63, 3.8) is 0 Å². The highest BCUT2D eigenvalue weighted by molar-refractivity contribution is 9.10. The highest BCUT2D eigenvalue weighted by atomic mass is 79.9. The summed E-state index contributed by atoms with van der Waals surface area (Å²) < 4.78 is 3.17. The lowest BCUT2D eigenvalue weighted by Crippen LogP contribution is -2.37. The summed E-state index contributed by atoms with van der Waals surface area (Å²) in [7, 11) is 0. The van der Waals surface area contributed by atoms with Crippen LogP contribution in [0, 0.1) is 5.92 Å². The Morgan fingerprint density at radius 2 is 2.20 bits per heavy atom. The fourth-order valence-corrected chi connectivity index (χ4v) is 3.14. The normalized spacial score (nSPS) is 14.8. The smallest absolute Gasteiger partial charge is 0.263 e. The second-order valence-electron chi connectivity index (χ2n) is 5.30. The molecule has 2 heterocycles. The average molecular weight is 330 g/mol. The van der Waals surface area contributed by atoms with Gasteiger partial charge in [-0.1, -0.05) is 11.3 Å². The first-order valence-electron chi connectivity index (χ1n) is 6.80. The minimum atomic E-state index is 0.820. The van der Waals surface area contributed by atoms with Crippen LogP contribution < -0.4 is 4.68 Å². The van der Waals surface area contributed by atoms with Gasteiger partial charge in [0.15, 0.2) is 0 Å². The van der Waals surface area contributed by atoms with Gasteiger partial charge < -0.3 is 0 Å². The molecule has 0 aliphatic heterocycles. The lowest BCUT2D eigenvalue weighted by atomic mass is 10.1. The molecule has 1 aliphatic rings. The van der Waals surface area contributed by atoms with Crippen LogP contribution in [0.15, 0.2) is 41.1 Å². The summed E-state index contributed by atoms with van der Waals surface area (Å²) in [5.74, 6) is 0.820. The standard InChI is InChI=1S/C15H13BrN4/c16-14-12(11-2-1-7-17-8-11)5-6-13-15(14)18-19-20(13)9-10-3-4-10/h1-2,5-8,10H,3-4,9H2/p+1. The van der Waals surface area contributed by atoms with Crippen LogP contribution in [0.4, 0.5) is 0 Å². The third-order valence-electron chi connectivity index (χ3n) is 3.78. The highest BCUT2D eigenvalue weighted by Gasteiger charge is 2.27. The van der Waals surface area contributed by atoms with Gasteiger partial charge in [-0.3, -0.25) is 4.98 Å². The zero-order valence-corrected chi connectivity index (χ0v) is 12.5. The fourth-order valence-electron chi connectivity index (χ4n) is 2.49. The number of fused-ring (bicyclic) bond motifs is 1. The van der Waals surface area contributed by atoms with Gasteiger partial charge in [0.25, 0.3) is 5.52 Å². The highest BCUT2D eigenvalue weighted by Crippen LogP contribution is 2.33. The second kappa shape index (κ2) is 4.66. The summed E-state index contributed by atoms with van der Waals surface area (Å²) in [6.45, 7) is 1.04. The van der Waals surface area contributed by atoms with E-state index in [9.17, 15) is 0 Å². The predicted octanol–water partition coefficient (Wildman–Crippen LogP) is 3.08. The van der Waals surface area contributed by atoms with Gasteiger partial charge in [0.2, 0.25) is 5.52 Å². The van der Waals surface area contributed by atoms with E-state index >= 15 is 0 Å². The van der Waals surface area contributed by atoms with E-state index < -0.39 is 0 Å². The number of rotatable bonds is 3. The molecular weight excluding hydrogens is 316 g/mol. The molecule has 0 bridgehead atoms. The molecule has 20 heavy (non-hydrogen) atoms. The van der Waals surface area contributed by atoms with Gasteiger partial charge in [-0.05, 0) is 52.9 Å². The predicted molar refractivity (Wildman–Crippen MR) is 79.9 cm³/mol. The van der Waals surface area contributed by atoms with E-state index in [0.29, 0.717) is 0 Å². The van der Waals surface area contributed by atoms with Crippen molar-refractivity contribution in [3.8, 4) is 11.1 Å². The van der Waals surface area contributed by atoms with Crippen LogP contribution in [0.5, 0.6) is 0 Å². The Labute approximate surface area is 125 Å². The molecule has 0 radical (unpaired) electrons. The average Bonchev–Trinajstić information content (AvgIpc) is 3.20. The Bertz CT molecular complexity index is 762. The summed E-state index contributed by atoms with van der Waals surface area (Å²) in [4.78, 5) is 4.18. The van der Waals surface area contributed by atoms with Gasteiger partial charge in [-0.15, -0.1) is 0 Å². The van der Waals surface area contributed by atoms with Crippen molar-refractivity contribution in [3.05, 3.63) is 41.1 Å². The van der Waals surface area contributed by atoms with Gasteiger partial charge >= 0.3 is 0 Å². The molecule has 1 aliphatic carbocycles. The molecule has 1 saturated carbocycles. The van der Waals surface area contributed by atoms with Crippen molar-refractivity contribution < 1.29 is 4.68 Å². The van der Waals surface area contributed by atoms with Gasteiger partial charge in [0.05, 0.1) is 4.47 Å². The first kappa shape index (κ1) is 12.0. The SMILES string of the molecule is Brc1c(-c2cccnc2)ccc2c1n[nH][n+]2CC1CC1. The fraction of sp³-hybridized carbons (Fsp3) is 0.267. The minimum Gasteiger partial charge on any atom is -0.264 e. The van der Waals surface area contributed by atoms with Crippen molar-refractivity contribution in [2.45, 2.75) is 19.4 Å². The van der Waals surface area contributed by atoms with Crippen molar-refractivity contribution in [2.24, 2.45) is 5.92 Å². The number of hydrogen-bond donors (Lipinski definition) is 1. The number of aromatic amines is 1. The monoisotopic (exact) mass is 329 g/mol. The summed E-state index contributed by atoms with van der Waals surface area (Å²) in [6.07, 6.45) is 6.33. The number of pyridine rings is 1. The number of halogens is 1. The second-order valence-corrected chi connectivity index (χ2v) is 6.10. The molecule has 0 unspecified atom stereocenters. The molecule has 0 amide bonds. The van der Waals surface area contributed by atoms with E-state index in [0.717, 1.165) is 39.1 Å². The first-order chi connectivity index (χ1) is 9.83. The maximum Gasteiger partial charge on any atom is 0.263 e. The molecule has 0 saturated heterocycles. The van der Waals surface area contributed by atoms with Crippen LogP contribution >= 0.6 is 15.9 Å². The lowest BCUT2D eigenvalue weighted by molar-refractivity contribution is -0.733. The zero-order valence-electron chi connectivity index (χ0n) is 10.9. The molecule has 4 rings (SSSR count). The van der Waals surface area contributed by atoms with E-state index in [2.05, 4.69) is 54.1 Å². The number of H-pyrrole nitrogens is 1. The number of nitrogens with one attached hydrogen (secondary N) is 1. The molecule has 4 nitrogen and oxygen atoms in total. The Morgan fingerprint density at radius 1 is 1.30 bits per heavy atom. The van der Waals surface area contributed by atoms with E-state index in [4.69, 9.17) is 0 Å². The Balaban J connectivity index is 1.83. The molecule has 0 atom stereocenters. The maximum absolute atomic E-state index is 4.46. The van der Waals surface area contributed by atoms with E-state index in [1.807, 2.05) is 12.3 Å². The van der Waals surface area contributed by atoms with E-state index in [1.165, 1.54) is 12.8 Å². The van der Waals surface area contributed by atoms with Crippen molar-refractivity contribution >= 4 is 27.0 Å². The third-order valence-corrected chi connectivity index (χ3v) is 4.58. The first-order valence-corrected chi connectivity index (χ1v) is 7.59. The molecule has 100 valence electrons. The van der Waals surface area contributed by atoms with Crippen LogP contribution in [0.25, 0.3) is 22.2 Å². The van der Waals surface area contributed by atoms with E-state index in [1.54, 1.807) is 6.20 Å². The Hall–Kier alpha value is -1.75. The van der Waals surface area contributed by atoms with Crippen LogP contribution in [0.3, 0.4) is 0 Å². The van der Waals surface area contributed by atoms with Crippen LogP contribution in [-0.2, 0) is 6.54 Å². The van der Waals surface area contributed by atoms with Crippen LogP contribution in [0.2, 0.25) is 0 Å². The number of aromatic nitrogens is 4. The minimum absolute atomic E-state index is 0.820. The van der Waals surface area contributed by atoms with Gasteiger partial charge in [0.1, 0.15) is 6.54 Å². The Morgan fingerprint density at radius 3 is 2.95 bits per heavy atom. The summed E-state index contributed by atoms with van der Waals surface area (Å²) >= 11 is 3.69. The molecule has 1 fully saturated rings. The van der Waals surface area contributed by atoms with Crippen LogP contribution in [-0.4, -0.2) is 15.3 Å². The number of hydrogen-bond acceptors (Lipinski definition) is 2. The quantitative estimate of drug-likeness (QED) is 0.750. The van der Waals surface area contributed by atoms with Gasteiger partial charge in [-0.2, -0.15) is 4.68 Å². The summed E-state index contributed by atoms with van der Waals surface area (Å²) in [5.41, 5.74) is 4.34.